The van der Waals surface area contributed by atoms with Crippen molar-refractivity contribution >= 4 is 12.0 Å². The van der Waals surface area contributed by atoms with Gasteiger partial charge in [0.25, 0.3) is 0 Å². The third-order valence-electron chi connectivity index (χ3n) is 2.66. The van der Waals surface area contributed by atoms with Crippen LogP contribution in [-0.4, -0.2) is 6.29 Å². The van der Waals surface area contributed by atoms with Crippen LogP contribution in [0.2, 0.25) is 0 Å². The molecule has 0 fully saturated rings. The number of benzene rings is 1. The van der Waals surface area contributed by atoms with Crippen molar-refractivity contribution in [1.29, 1.82) is 0 Å². The minimum Gasteiger partial charge on any atom is -0.472 e. The maximum Gasteiger partial charge on any atom is 0.152 e. The summed E-state index contributed by atoms with van der Waals surface area (Å²) in [5.41, 5.74) is 9.89. The highest BCUT2D eigenvalue weighted by atomic mass is 16.3. The molecule has 1 heterocycles. The smallest absolute Gasteiger partial charge is 0.152 e. The zero-order valence-corrected chi connectivity index (χ0v) is 9.07. The van der Waals surface area contributed by atoms with Crippen molar-refractivity contribution in [3.8, 4) is 11.1 Å². The highest BCUT2D eigenvalue weighted by Gasteiger charge is 2.08. The van der Waals surface area contributed by atoms with Gasteiger partial charge in [-0.2, -0.15) is 0 Å². The van der Waals surface area contributed by atoms with E-state index in [4.69, 9.17) is 10.2 Å². The lowest BCUT2D eigenvalue weighted by Crippen LogP contribution is -1.99. The van der Waals surface area contributed by atoms with Gasteiger partial charge in [-0.1, -0.05) is 6.92 Å². The van der Waals surface area contributed by atoms with Crippen molar-refractivity contribution in [1.82, 2.24) is 0 Å². The van der Waals surface area contributed by atoms with Crippen molar-refractivity contribution in [2.45, 2.75) is 13.3 Å². The van der Waals surface area contributed by atoms with Crippen LogP contribution in [0.3, 0.4) is 0 Å². The molecule has 0 bridgehead atoms. The van der Waals surface area contributed by atoms with Crippen LogP contribution in [0.1, 0.15) is 22.8 Å². The molecule has 2 rings (SSSR count). The highest BCUT2D eigenvalue weighted by Crippen LogP contribution is 2.27. The van der Waals surface area contributed by atoms with Gasteiger partial charge in [-0.05, 0) is 35.7 Å². The summed E-state index contributed by atoms with van der Waals surface area (Å²) in [4.78, 5) is 10.9. The maximum absolute atomic E-state index is 10.9. The number of anilines is 1. The van der Waals surface area contributed by atoms with Gasteiger partial charge in [-0.3, -0.25) is 4.79 Å². The second kappa shape index (κ2) is 4.23. The topological polar surface area (TPSA) is 56.2 Å². The largest absolute Gasteiger partial charge is 0.472 e. The lowest BCUT2D eigenvalue weighted by molar-refractivity contribution is 0.112. The molecule has 0 spiro atoms. The minimum atomic E-state index is 0.538. The number of nitrogens with two attached hydrogens (primary N) is 1. The number of nitrogen functional groups attached to an aromatic ring is 1. The van der Waals surface area contributed by atoms with Gasteiger partial charge >= 0.3 is 0 Å². The first kappa shape index (κ1) is 10.5. The second-order valence-electron chi connectivity index (χ2n) is 3.62. The van der Waals surface area contributed by atoms with Gasteiger partial charge in [0.15, 0.2) is 6.29 Å². The van der Waals surface area contributed by atoms with Crippen molar-refractivity contribution < 1.29 is 9.21 Å². The van der Waals surface area contributed by atoms with Gasteiger partial charge < -0.3 is 10.2 Å². The Morgan fingerprint density at radius 1 is 1.38 bits per heavy atom. The monoisotopic (exact) mass is 215 g/mol. The van der Waals surface area contributed by atoms with Crippen LogP contribution < -0.4 is 5.73 Å². The van der Waals surface area contributed by atoms with Crippen LogP contribution >= 0.6 is 0 Å². The summed E-state index contributed by atoms with van der Waals surface area (Å²) in [7, 11) is 0. The fourth-order valence-electron chi connectivity index (χ4n) is 1.72. The van der Waals surface area contributed by atoms with E-state index in [0.717, 1.165) is 29.4 Å². The Balaban J connectivity index is 2.60. The molecular formula is C13H13NO2. The summed E-state index contributed by atoms with van der Waals surface area (Å²) >= 11 is 0. The lowest BCUT2D eigenvalue weighted by Gasteiger charge is -2.08. The molecule has 1 aromatic heterocycles. The SMILES string of the molecule is CCc1cc(-c2ccoc2)cc(C=O)c1N. The number of hydrogen-bond donors (Lipinski definition) is 1. The molecule has 3 nitrogen and oxygen atoms in total. The van der Waals surface area contributed by atoms with Crippen molar-refractivity contribution in [2.24, 2.45) is 0 Å². The van der Waals surface area contributed by atoms with E-state index in [1.54, 1.807) is 18.6 Å². The number of furan rings is 1. The molecule has 3 heteroatoms. The molecule has 0 saturated heterocycles. The Hall–Kier alpha value is -2.03. The molecule has 16 heavy (non-hydrogen) atoms. The molecule has 0 radical (unpaired) electrons. The zero-order chi connectivity index (χ0) is 11.5. The van der Waals surface area contributed by atoms with Gasteiger partial charge in [0.05, 0.1) is 12.5 Å². The molecule has 0 aliphatic carbocycles. The predicted molar refractivity (Wildman–Crippen MR) is 63.3 cm³/mol. The fourth-order valence-corrected chi connectivity index (χ4v) is 1.72. The number of carbonyl (C=O) groups excluding carboxylic acids is 1. The van der Waals surface area contributed by atoms with Gasteiger partial charge in [0.1, 0.15) is 0 Å². The van der Waals surface area contributed by atoms with E-state index in [9.17, 15) is 4.79 Å². The summed E-state index contributed by atoms with van der Waals surface area (Å²) in [6.07, 6.45) is 4.86. The highest BCUT2D eigenvalue weighted by molar-refractivity contribution is 5.87. The summed E-state index contributed by atoms with van der Waals surface area (Å²) in [5.74, 6) is 0. The molecule has 0 aliphatic rings. The molecule has 0 saturated carbocycles. The number of carbonyl (C=O) groups is 1. The van der Waals surface area contributed by atoms with Crippen LogP contribution in [0.5, 0.6) is 0 Å². The summed E-state index contributed by atoms with van der Waals surface area (Å²) in [6.45, 7) is 2.01. The molecule has 2 N–H and O–H groups in total. The number of rotatable bonds is 3. The normalized spacial score (nSPS) is 10.3. The molecule has 1 aromatic carbocycles. The van der Waals surface area contributed by atoms with E-state index in [1.165, 1.54) is 0 Å². The molecule has 82 valence electrons. The fraction of sp³-hybridized carbons (Fsp3) is 0.154. The van der Waals surface area contributed by atoms with Crippen LogP contribution in [-0.2, 0) is 6.42 Å². The van der Waals surface area contributed by atoms with Crippen molar-refractivity contribution in [2.75, 3.05) is 5.73 Å². The number of aldehydes is 1. The van der Waals surface area contributed by atoms with Crippen LogP contribution in [0.4, 0.5) is 5.69 Å². The third-order valence-corrected chi connectivity index (χ3v) is 2.66. The predicted octanol–water partition coefficient (Wildman–Crippen LogP) is 2.90. The summed E-state index contributed by atoms with van der Waals surface area (Å²) in [6, 6.07) is 5.64. The Bertz CT molecular complexity index is 501. The Morgan fingerprint density at radius 2 is 2.19 bits per heavy atom. The first-order chi connectivity index (χ1) is 7.76. The zero-order valence-electron chi connectivity index (χ0n) is 9.07. The molecule has 0 unspecified atom stereocenters. The molecule has 0 aliphatic heterocycles. The Kier molecular flexibility index (Phi) is 2.77. The van der Waals surface area contributed by atoms with Gasteiger partial charge in [-0.25, -0.2) is 0 Å². The molecular weight excluding hydrogens is 202 g/mol. The Morgan fingerprint density at radius 3 is 2.75 bits per heavy atom. The second-order valence-corrected chi connectivity index (χ2v) is 3.62. The number of aryl methyl sites for hydroxylation is 1. The average Bonchev–Trinajstić information content (AvgIpc) is 2.83. The van der Waals surface area contributed by atoms with E-state index < -0.39 is 0 Å². The standard InChI is InChI=1S/C13H13NO2/c1-2-9-5-11(10-3-4-16-8-10)6-12(7-15)13(9)14/h3-8H,2,14H2,1H3. The van der Waals surface area contributed by atoms with Crippen LogP contribution in [0, 0.1) is 0 Å². The maximum atomic E-state index is 10.9. The summed E-state index contributed by atoms with van der Waals surface area (Å²) < 4.78 is 5.03. The first-order valence-electron chi connectivity index (χ1n) is 5.16. The van der Waals surface area contributed by atoms with Crippen molar-refractivity contribution in [3.63, 3.8) is 0 Å². The van der Waals surface area contributed by atoms with E-state index in [2.05, 4.69) is 0 Å². The van der Waals surface area contributed by atoms with Gasteiger partial charge in [0, 0.05) is 16.8 Å². The van der Waals surface area contributed by atoms with Gasteiger partial charge in [-0.15, -0.1) is 0 Å². The van der Waals surface area contributed by atoms with Crippen molar-refractivity contribution in [3.05, 3.63) is 41.9 Å². The third kappa shape index (κ3) is 1.72. The average molecular weight is 215 g/mol. The molecule has 0 atom stereocenters. The quantitative estimate of drug-likeness (QED) is 0.632. The van der Waals surface area contributed by atoms with Crippen LogP contribution in [0.15, 0.2) is 35.1 Å². The number of hydrogen-bond acceptors (Lipinski definition) is 3. The summed E-state index contributed by atoms with van der Waals surface area (Å²) in [5, 5.41) is 0. The van der Waals surface area contributed by atoms with Gasteiger partial charge in [0.2, 0.25) is 0 Å². The van der Waals surface area contributed by atoms with Crippen LogP contribution in [0.25, 0.3) is 11.1 Å². The molecule has 0 amide bonds. The van der Waals surface area contributed by atoms with E-state index >= 15 is 0 Å². The lowest BCUT2D eigenvalue weighted by atomic mass is 9.99. The minimum absolute atomic E-state index is 0.538. The Labute approximate surface area is 93.9 Å². The molecule has 2 aromatic rings. The van der Waals surface area contributed by atoms with E-state index in [0.29, 0.717) is 11.3 Å². The van der Waals surface area contributed by atoms with E-state index in [1.807, 2.05) is 19.1 Å². The van der Waals surface area contributed by atoms with E-state index in [-0.39, 0.29) is 0 Å². The first-order valence-corrected chi connectivity index (χ1v) is 5.16.